The maximum Gasteiger partial charge on any atom is 0.247 e. The average molecular weight is 398 g/mol. The highest BCUT2D eigenvalue weighted by Gasteiger charge is 2.17. The van der Waals surface area contributed by atoms with Crippen LogP contribution >= 0.6 is 0 Å². The number of amides is 1. The monoisotopic (exact) mass is 398 g/mol. The maximum absolute atomic E-state index is 12.3. The Morgan fingerprint density at radius 1 is 1.38 bits per heavy atom. The van der Waals surface area contributed by atoms with Gasteiger partial charge in [0.1, 0.15) is 18.1 Å². The molecule has 0 bridgehead atoms. The Hall–Kier alpha value is -3.13. The van der Waals surface area contributed by atoms with Crippen molar-refractivity contribution in [3.05, 3.63) is 59.5 Å². The van der Waals surface area contributed by atoms with Gasteiger partial charge < -0.3 is 25.0 Å². The standard InChI is InChI=1S/C21H26N4O4/c1-14(21(26)24-17-7-10-27-11-8-17)5-6-19(22)28-13-18-15(2)29-25-20(18)16-4-3-9-23-12-16/h3-6,9,12,17H,7-8,10-11,13,22H2,1-2H3,(H,24,26)/b14-5+,19-6+. The average Bonchev–Trinajstić information content (AvgIpc) is 3.12. The summed E-state index contributed by atoms with van der Waals surface area (Å²) in [6.45, 7) is 5.11. The van der Waals surface area contributed by atoms with E-state index in [2.05, 4.69) is 15.5 Å². The van der Waals surface area contributed by atoms with Gasteiger partial charge in [0.15, 0.2) is 5.88 Å². The minimum atomic E-state index is -0.116. The van der Waals surface area contributed by atoms with Gasteiger partial charge in [-0.25, -0.2) is 0 Å². The molecule has 0 aliphatic carbocycles. The molecule has 154 valence electrons. The zero-order valence-corrected chi connectivity index (χ0v) is 16.7. The Morgan fingerprint density at radius 3 is 2.90 bits per heavy atom. The molecule has 1 aliphatic rings. The normalized spacial score (nSPS) is 15.9. The van der Waals surface area contributed by atoms with Gasteiger partial charge in [-0.05, 0) is 51.0 Å². The second-order valence-corrected chi connectivity index (χ2v) is 6.88. The highest BCUT2D eigenvalue weighted by atomic mass is 16.5. The van der Waals surface area contributed by atoms with E-state index in [4.69, 9.17) is 19.7 Å². The summed E-state index contributed by atoms with van der Waals surface area (Å²) in [5.74, 6) is 0.731. The van der Waals surface area contributed by atoms with Gasteiger partial charge in [0.2, 0.25) is 5.91 Å². The Morgan fingerprint density at radius 2 is 2.17 bits per heavy atom. The minimum Gasteiger partial charge on any atom is -0.474 e. The van der Waals surface area contributed by atoms with Gasteiger partial charge in [0.05, 0.1) is 5.56 Å². The van der Waals surface area contributed by atoms with E-state index in [1.54, 1.807) is 31.5 Å². The van der Waals surface area contributed by atoms with E-state index >= 15 is 0 Å². The molecule has 0 saturated carbocycles. The highest BCUT2D eigenvalue weighted by Crippen LogP contribution is 2.25. The summed E-state index contributed by atoms with van der Waals surface area (Å²) in [5, 5.41) is 7.09. The van der Waals surface area contributed by atoms with E-state index in [-0.39, 0.29) is 24.4 Å². The molecule has 3 rings (SSSR count). The van der Waals surface area contributed by atoms with Crippen molar-refractivity contribution in [1.82, 2.24) is 15.5 Å². The van der Waals surface area contributed by atoms with Crippen LogP contribution in [0.25, 0.3) is 11.3 Å². The lowest BCUT2D eigenvalue weighted by atomic mass is 10.1. The lowest BCUT2D eigenvalue weighted by molar-refractivity contribution is -0.118. The molecule has 0 atom stereocenters. The fourth-order valence-electron chi connectivity index (χ4n) is 2.92. The molecule has 8 nitrogen and oxygen atoms in total. The van der Waals surface area contributed by atoms with Crippen LogP contribution in [-0.4, -0.2) is 35.3 Å². The fraction of sp³-hybridized carbons (Fsp3) is 0.381. The van der Waals surface area contributed by atoms with Crippen molar-refractivity contribution in [3.8, 4) is 11.3 Å². The first-order valence-corrected chi connectivity index (χ1v) is 9.55. The molecule has 1 aliphatic heterocycles. The van der Waals surface area contributed by atoms with Crippen molar-refractivity contribution >= 4 is 5.91 Å². The van der Waals surface area contributed by atoms with Crippen molar-refractivity contribution in [2.75, 3.05) is 13.2 Å². The number of aromatic nitrogens is 2. The third-order valence-corrected chi connectivity index (χ3v) is 4.72. The summed E-state index contributed by atoms with van der Waals surface area (Å²) in [5.41, 5.74) is 8.81. The van der Waals surface area contributed by atoms with Crippen LogP contribution in [0.5, 0.6) is 0 Å². The summed E-state index contributed by atoms with van der Waals surface area (Å²) >= 11 is 0. The molecule has 2 aromatic rings. The lowest BCUT2D eigenvalue weighted by Gasteiger charge is -2.23. The van der Waals surface area contributed by atoms with Gasteiger partial charge >= 0.3 is 0 Å². The quantitative estimate of drug-likeness (QED) is 0.419. The SMILES string of the molecule is C/C(=C\C=C(/N)OCc1c(-c2cccnc2)noc1C)C(=O)NC1CCOCC1. The molecule has 0 unspecified atom stereocenters. The number of rotatable bonds is 7. The summed E-state index contributed by atoms with van der Waals surface area (Å²) < 4.78 is 16.2. The Balaban J connectivity index is 1.58. The van der Waals surface area contributed by atoms with E-state index in [1.165, 1.54) is 0 Å². The fourth-order valence-corrected chi connectivity index (χ4v) is 2.92. The van der Waals surface area contributed by atoms with E-state index in [0.29, 0.717) is 30.2 Å². The molecule has 0 aromatic carbocycles. The summed E-state index contributed by atoms with van der Waals surface area (Å²) in [7, 11) is 0. The molecule has 3 heterocycles. The number of ether oxygens (including phenoxy) is 2. The van der Waals surface area contributed by atoms with E-state index in [0.717, 1.165) is 24.0 Å². The summed E-state index contributed by atoms with van der Waals surface area (Å²) in [4.78, 5) is 16.4. The van der Waals surface area contributed by atoms with Gasteiger partial charge in [-0.15, -0.1) is 0 Å². The highest BCUT2D eigenvalue weighted by molar-refractivity contribution is 5.93. The van der Waals surface area contributed by atoms with Gasteiger partial charge in [-0.2, -0.15) is 0 Å². The Kier molecular flexibility index (Phi) is 7.02. The van der Waals surface area contributed by atoms with Crippen LogP contribution in [0.3, 0.4) is 0 Å². The molecular formula is C21H26N4O4. The molecule has 0 spiro atoms. The van der Waals surface area contributed by atoms with Crippen molar-refractivity contribution in [3.63, 3.8) is 0 Å². The van der Waals surface area contributed by atoms with Crippen molar-refractivity contribution in [2.24, 2.45) is 5.73 Å². The lowest BCUT2D eigenvalue weighted by Crippen LogP contribution is -2.39. The number of nitrogens with one attached hydrogen (secondary N) is 1. The summed E-state index contributed by atoms with van der Waals surface area (Å²) in [6.07, 6.45) is 8.29. The molecule has 1 saturated heterocycles. The van der Waals surface area contributed by atoms with Crippen LogP contribution in [0, 0.1) is 6.92 Å². The number of allylic oxidation sites excluding steroid dienone is 2. The first kappa shape index (κ1) is 20.6. The second-order valence-electron chi connectivity index (χ2n) is 6.88. The number of hydrogen-bond acceptors (Lipinski definition) is 7. The molecule has 29 heavy (non-hydrogen) atoms. The number of pyridine rings is 1. The number of carbonyl (C=O) groups excluding carboxylic acids is 1. The van der Waals surface area contributed by atoms with Crippen LogP contribution < -0.4 is 11.1 Å². The topological polar surface area (TPSA) is 113 Å². The zero-order chi connectivity index (χ0) is 20.6. The maximum atomic E-state index is 12.3. The van der Waals surface area contributed by atoms with Crippen LogP contribution in [0.15, 0.2) is 52.7 Å². The number of hydrogen-bond donors (Lipinski definition) is 2. The zero-order valence-electron chi connectivity index (χ0n) is 16.7. The molecular weight excluding hydrogens is 372 g/mol. The third kappa shape index (κ3) is 5.68. The molecule has 0 radical (unpaired) electrons. The Labute approximate surface area is 169 Å². The second kappa shape index (κ2) is 9.88. The first-order valence-electron chi connectivity index (χ1n) is 9.55. The number of nitrogens with zero attached hydrogens (tertiary/aromatic N) is 2. The Bertz CT molecular complexity index is 883. The predicted octanol–water partition coefficient (Wildman–Crippen LogP) is 2.60. The smallest absolute Gasteiger partial charge is 0.247 e. The molecule has 2 aromatic heterocycles. The minimum absolute atomic E-state index is 0.116. The van der Waals surface area contributed by atoms with Gasteiger partial charge in [-0.3, -0.25) is 9.78 Å². The van der Waals surface area contributed by atoms with Crippen LogP contribution in [0.1, 0.15) is 31.1 Å². The molecule has 3 N–H and O–H groups in total. The van der Waals surface area contributed by atoms with E-state index in [9.17, 15) is 4.79 Å². The van der Waals surface area contributed by atoms with Crippen LogP contribution in [0.2, 0.25) is 0 Å². The van der Waals surface area contributed by atoms with Gasteiger partial charge in [0.25, 0.3) is 0 Å². The van der Waals surface area contributed by atoms with Gasteiger partial charge in [-0.1, -0.05) is 5.16 Å². The summed E-state index contributed by atoms with van der Waals surface area (Å²) in [6, 6.07) is 3.88. The number of aryl methyl sites for hydroxylation is 1. The van der Waals surface area contributed by atoms with E-state index < -0.39 is 0 Å². The molecule has 8 heteroatoms. The molecule has 1 fully saturated rings. The van der Waals surface area contributed by atoms with Crippen molar-refractivity contribution < 1.29 is 18.8 Å². The van der Waals surface area contributed by atoms with Crippen molar-refractivity contribution in [2.45, 2.75) is 39.3 Å². The van der Waals surface area contributed by atoms with Crippen LogP contribution in [0.4, 0.5) is 0 Å². The predicted molar refractivity (Wildman–Crippen MR) is 107 cm³/mol. The first-order chi connectivity index (χ1) is 14.0. The number of carbonyl (C=O) groups is 1. The largest absolute Gasteiger partial charge is 0.474 e. The van der Waals surface area contributed by atoms with Crippen molar-refractivity contribution in [1.29, 1.82) is 0 Å². The number of nitrogens with two attached hydrogens (primary N) is 1. The van der Waals surface area contributed by atoms with Crippen LogP contribution in [-0.2, 0) is 20.9 Å². The third-order valence-electron chi connectivity index (χ3n) is 4.72. The van der Waals surface area contributed by atoms with E-state index in [1.807, 2.05) is 19.1 Å². The molecule has 1 amide bonds. The van der Waals surface area contributed by atoms with Gasteiger partial charge in [0, 0.05) is 42.8 Å².